The van der Waals surface area contributed by atoms with Gasteiger partial charge in [0, 0.05) is 57.6 Å². The highest BCUT2D eigenvalue weighted by Gasteiger charge is 2.52. The van der Waals surface area contributed by atoms with E-state index in [0.717, 1.165) is 81.1 Å². The summed E-state index contributed by atoms with van der Waals surface area (Å²) in [5, 5.41) is 0. The molecule has 0 bridgehead atoms. The predicted octanol–water partition coefficient (Wildman–Crippen LogP) is 17.4. The summed E-state index contributed by atoms with van der Waals surface area (Å²) < 4.78 is 106. The maximum Gasteiger partial charge on any atom is 0.343 e. The van der Waals surface area contributed by atoms with Gasteiger partial charge in [-0.3, -0.25) is 9.59 Å². The van der Waals surface area contributed by atoms with Gasteiger partial charge in [-0.05, 0) is 248 Å². The molecule has 0 spiro atoms. The van der Waals surface area contributed by atoms with Crippen molar-refractivity contribution in [2.24, 2.45) is 0 Å². The SMILES string of the molecule is C=CC(=O)OCCCCCCC.C=CC(=O)OCCCCCCOc1ccc(C(=O)Oc2ccc(C)cc2)cc1.C=CC(=O)OCCCCOC.C=CC(=O)OCCCCOc1ccc(C(=O)Oc2ccc(C(C)=O)cc2)cc1.CO[C@H]1COC2C1OC[C@H]2OC(=O)c1ccc(OC(=O)c2ccc(C)cc2)cc1.COc1ccc(C(=O)Oc2ccc(C(=O)O[C@@H]3COC4C3OC[C@@H]4OC(C)=O)cc2)cc1. The number of hydrogen-bond donors (Lipinski definition) is 0. The van der Waals surface area contributed by atoms with E-state index in [9.17, 15) is 57.5 Å². The van der Waals surface area contributed by atoms with Crippen LogP contribution in [0.3, 0.4) is 0 Å². The molecule has 4 saturated heterocycles. The van der Waals surface area contributed by atoms with E-state index >= 15 is 0 Å². The standard InChI is InChI=1S/C23H22O9.C23H26O5.C22H22O7.C22H22O6.C10H18O2.C8H14O3/c1-13(24)30-18-11-28-21-19(12-29-20(18)21)32-23(26)15-5-9-17(10-6-15)31-22(25)14-3-7-16(27-2)8-4-14;1-3-22(24)27-17-7-5-4-6-16-26-20-14-10-19(11-15-20)23(25)28-21-12-8-18(2)9-13-21;1-13-3-5-14(6-4-13)21(23)28-16-9-7-15(8-10-16)22(24)29-18-12-27-19-17(25-2)11-26-20(18)19;1-3-21(24)27-15-5-4-14-26-19-10-8-18(9-11-19)22(25)28-20-12-6-17(7-13-20)16(2)23;1-3-5-6-7-8-9-12-10(11)4-2;1-3-8(9)11-7-5-4-6-10-2/h3-10,18-21H,11-12H2,1-2H3;3,8-15H,1,4-7,16-17H2,2H3;3-10,17-20H,11-12H2,1-2H3;3,6-13H,1,4-5,14-15H2,2H3;4H,2-3,5-9H2,1H3;3H,1,4-7H2,2H3/t18-,19+,20?,21?;;17-,18+,19?,20?;;;/m0.0.../s1. The molecule has 748 valence electrons. The third-order valence-electron chi connectivity index (χ3n) is 20.9. The number of ketones is 1. The molecule has 4 heterocycles. The molecule has 0 aliphatic carbocycles. The smallest absolute Gasteiger partial charge is 0.343 e. The predicted molar refractivity (Wildman–Crippen MR) is 514 cm³/mol. The third-order valence-corrected chi connectivity index (χ3v) is 20.9. The largest absolute Gasteiger partial charge is 0.497 e. The summed E-state index contributed by atoms with van der Waals surface area (Å²) in [6.45, 7) is 26.7. The van der Waals surface area contributed by atoms with Crippen molar-refractivity contribution in [2.75, 3.05) is 94.0 Å². The van der Waals surface area contributed by atoms with Gasteiger partial charge in [-0.2, -0.15) is 0 Å². The van der Waals surface area contributed by atoms with Gasteiger partial charge in [-0.1, -0.05) is 94.3 Å². The first-order valence-electron chi connectivity index (χ1n) is 45.9. The Kier molecular flexibility index (Phi) is 50.9. The van der Waals surface area contributed by atoms with Gasteiger partial charge in [0.25, 0.3) is 0 Å². The quantitative estimate of drug-likeness (QED) is 0.00854. The average molecular weight is 1930 g/mol. The Labute approximate surface area is 815 Å². The molecule has 0 N–H and O–H groups in total. The second-order valence-electron chi connectivity index (χ2n) is 31.6. The number of hydrogen-bond acceptors (Lipinski definition) is 32. The first-order valence-corrected chi connectivity index (χ1v) is 45.9. The summed E-state index contributed by atoms with van der Waals surface area (Å²) in [5.41, 5.74) is 5.05. The summed E-state index contributed by atoms with van der Waals surface area (Å²) in [6, 6.07) is 53.1. The maximum atomic E-state index is 12.5. The fourth-order valence-electron chi connectivity index (χ4n) is 13.2. The molecule has 4 fully saturated rings. The van der Waals surface area contributed by atoms with Crippen molar-refractivity contribution in [1.29, 1.82) is 0 Å². The Morgan fingerprint density at radius 1 is 0.293 bits per heavy atom. The van der Waals surface area contributed by atoms with E-state index in [2.05, 4.69) is 33.2 Å². The van der Waals surface area contributed by atoms with Crippen LogP contribution in [-0.2, 0) is 85.6 Å². The van der Waals surface area contributed by atoms with E-state index in [4.69, 9.17) is 94.7 Å². The molecule has 0 saturated carbocycles. The molecule has 8 aromatic carbocycles. The Morgan fingerprint density at radius 2 is 0.543 bits per heavy atom. The van der Waals surface area contributed by atoms with Crippen LogP contribution >= 0.6 is 0 Å². The van der Waals surface area contributed by atoms with Gasteiger partial charge in [0.2, 0.25) is 0 Å². The Morgan fingerprint density at radius 3 is 0.850 bits per heavy atom. The lowest BCUT2D eigenvalue weighted by Crippen LogP contribution is -2.35. The number of carbonyl (C=O) groups is 12. The molecule has 0 aromatic heterocycles. The first kappa shape index (κ1) is 113. The van der Waals surface area contributed by atoms with Crippen LogP contribution in [0.5, 0.6) is 40.2 Å². The topological polar surface area (TPSA) is 389 Å². The number of Topliss-reactive ketones (excluding diaryl/α,β-unsaturated/α-hetero) is 1. The lowest BCUT2D eigenvalue weighted by atomic mass is 10.1. The van der Waals surface area contributed by atoms with Crippen molar-refractivity contribution in [3.8, 4) is 40.2 Å². The molecule has 0 radical (unpaired) electrons. The van der Waals surface area contributed by atoms with Gasteiger partial charge in [0.1, 0.15) is 70.8 Å². The molecule has 12 rings (SSSR count). The molecule has 4 aliphatic heterocycles. The summed E-state index contributed by atoms with van der Waals surface area (Å²) in [6.07, 6.45) is 14.2. The minimum absolute atomic E-state index is 0.0498. The molecule has 32 nitrogen and oxygen atoms in total. The highest BCUT2D eigenvalue weighted by atomic mass is 16.7. The van der Waals surface area contributed by atoms with E-state index in [1.54, 1.807) is 167 Å². The van der Waals surface area contributed by atoms with E-state index in [0.29, 0.717) is 127 Å². The van der Waals surface area contributed by atoms with Crippen LogP contribution in [0.15, 0.2) is 245 Å². The van der Waals surface area contributed by atoms with Crippen molar-refractivity contribution in [3.63, 3.8) is 0 Å². The molecule has 8 atom stereocenters. The molecular weight excluding hydrogens is 1810 g/mol. The Balaban J connectivity index is 0.000000236. The fraction of sp³-hybridized carbons (Fsp3) is 0.370. The van der Waals surface area contributed by atoms with Gasteiger partial charge in [0.15, 0.2) is 24.1 Å². The molecule has 32 heteroatoms. The lowest BCUT2D eigenvalue weighted by molar-refractivity contribution is -0.151. The molecule has 8 aromatic rings. The van der Waals surface area contributed by atoms with Gasteiger partial charge >= 0.3 is 65.7 Å². The van der Waals surface area contributed by atoms with Crippen LogP contribution in [0, 0.1) is 13.8 Å². The van der Waals surface area contributed by atoms with Crippen LogP contribution in [0.2, 0.25) is 0 Å². The zero-order valence-corrected chi connectivity index (χ0v) is 80.3. The number of unbranched alkanes of at least 4 members (excludes halogenated alkanes) is 9. The fourth-order valence-corrected chi connectivity index (χ4v) is 13.2. The molecular formula is C108H124O32. The maximum absolute atomic E-state index is 12.5. The second kappa shape index (κ2) is 63.3. The lowest BCUT2D eigenvalue weighted by Gasteiger charge is -2.17. The van der Waals surface area contributed by atoms with Crippen molar-refractivity contribution in [2.45, 2.75) is 167 Å². The molecule has 4 aliphatic rings. The minimum atomic E-state index is -0.611. The van der Waals surface area contributed by atoms with Gasteiger partial charge < -0.3 is 94.7 Å². The number of esters is 11. The van der Waals surface area contributed by atoms with Crippen LogP contribution in [0.25, 0.3) is 0 Å². The first-order chi connectivity index (χ1) is 67.7. The van der Waals surface area contributed by atoms with Crippen LogP contribution in [0.4, 0.5) is 0 Å². The molecule has 4 unspecified atom stereocenters. The van der Waals surface area contributed by atoms with Gasteiger partial charge in [-0.15, -0.1) is 0 Å². The number of methoxy groups -OCH3 is 3. The normalized spacial score (nSPS) is 16.3. The van der Waals surface area contributed by atoms with E-state index in [-0.39, 0.29) is 73.1 Å². The van der Waals surface area contributed by atoms with Crippen LogP contribution in [-0.4, -0.2) is 214 Å². The summed E-state index contributed by atoms with van der Waals surface area (Å²) in [7, 11) is 4.79. The minimum Gasteiger partial charge on any atom is -0.497 e. The Bertz CT molecular complexity index is 5230. The number of carbonyl (C=O) groups excluding carboxylic acids is 12. The van der Waals surface area contributed by atoms with Crippen molar-refractivity contribution in [3.05, 3.63) is 295 Å². The van der Waals surface area contributed by atoms with E-state index < -0.39 is 78.3 Å². The van der Waals surface area contributed by atoms with Crippen molar-refractivity contribution >= 4 is 71.4 Å². The van der Waals surface area contributed by atoms with Crippen molar-refractivity contribution in [1.82, 2.24) is 0 Å². The van der Waals surface area contributed by atoms with Gasteiger partial charge in [0.05, 0.1) is 107 Å². The second-order valence-corrected chi connectivity index (χ2v) is 31.6. The zero-order valence-electron chi connectivity index (χ0n) is 80.3. The van der Waals surface area contributed by atoms with Gasteiger partial charge in [-0.25, -0.2) is 47.9 Å². The zero-order chi connectivity index (χ0) is 101. The summed E-state index contributed by atoms with van der Waals surface area (Å²) in [4.78, 5) is 139. The summed E-state index contributed by atoms with van der Waals surface area (Å²) in [5.74, 6) is -1.38. The summed E-state index contributed by atoms with van der Waals surface area (Å²) >= 11 is 0. The number of benzene rings is 8. The van der Waals surface area contributed by atoms with Crippen LogP contribution in [0.1, 0.15) is 188 Å². The van der Waals surface area contributed by atoms with Crippen molar-refractivity contribution < 1.29 is 152 Å². The number of ether oxygens (including phenoxy) is 20. The monoisotopic (exact) mass is 1930 g/mol. The number of aryl methyl sites for hydroxylation is 2. The van der Waals surface area contributed by atoms with E-state index in [1.165, 1.54) is 69.5 Å². The average Bonchev–Trinajstić information content (AvgIpc) is 1.65. The molecule has 0 amide bonds. The molecule has 140 heavy (non-hydrogen) atoms. The third kappa shape index (κ3) is 41.2. The van der Waals surface area contributed by atoms with E-state index in [1.807, 2.05) is 38.1 Å². The van der Waals surface area contributed by atoms with Crippen LogP contribution < -0.4 is 33.2 Å². The highest BCUT2D eigenvalue weighted by molar-refractivity contribution is 5.96. The Hall–Kier alpha value is -14.3. The number of rotatable bonds is 45. The highest BCUT2D eigenvalue weighted by Crippen LogP contribution is 2.34. The number of fused-ring (bicyclic) bond motifs is 2.